The van der Waals surface area contributed by atoms with Crippen molar-refractivity contribution in [2.24, 2.45) is 0 Å². The highest BCUT2D eigenvalue weighted by molar-refractivity contribution is 7.93. The first-order valence-electron chi connectivity index (χ1n) is 5.63. The molecule has 1 aromatic heterocycles. The van der Waals surface area contributed by atoms with Gasteiger partial charge in [0.1, 0.15) is 5.82 Å². The predicted molar refractivity (Wildman–Crippen MR) is 78.1 cm³/mol. The minimum atomic E-state index is -4.13. The number of nitro groups is 1. The van der Waals surface area contributed by atoms with Crippen molar-refractivity contribution in [2.75, 3.05) is 17.1 Å². The second-order valence-electron chi connectivity index (χ2n) is 3.94. The molecule has 0 saturated heterocycles. The van der Waals surface area contributed by atoms with Gasteiger partial charge in [-0.05, 0) is 19.1 Å². The lowest BCUT2D eigenvalue weighted by molar-refractivity contribution is -0.387. The Morgan fingerprint density at radius 2 is 2.10 bits per heavy atom. The van der Waals surface area contributed by atoms with E-state index >= 15 is 0 Å². The van der Waals surface area contributed by atoms with Gasteiger partial charge in [-0.2, -0.15) is 4.37 Å². The summed E-state index contributed by atoms with van der Waals surface area (Å²) < 4.78 is 30.6. The largest absolute Gasteiger partial charge is 0.388 e. The molecule has 1 aromatic carbocycles. The summed E-state index contributed by atoms with van der Waals surface area (Å²) in [6.07, 6.45) is 0. The van der Waals surface area contributed by atoms with E-state index in [0.29, 0.717) is 11.5 Å². The van der Waals surface area contributed by atoms with Gasteiger partial charge < -0.3 is 5.32 Å². The lowest BCUT2D eigenvalue weighted by Gasteiger charge is -2.07. The molecule has 0 aliphatic carbocycles. The van der Waals surface area contributed by atoms with Gasteiger partial charge >= 0.3 is 0 Å². The lowest BCUT2D eigenvalue weighted by atomic mass is 10.3. The van der Waals surface area contributed by atoms with E-state index in [0.717, 1.165) is 17.6 Å². The third kappa shape index (κ3) is 3.25. The van der Waals surface area contributed by atoms with E-state index < -0.39 is 25.5 Å². The Morgan fingerprint density at radius 1 is 1.38 bits per heavy atom. The molecule has 0 bridgehead atoms. The maximum atomic E-state index is 12.3. The zero-order valence-electron chi connectivity index (χ0n) is 11.0. The van der Waals surface area contributed by atoms with Gasteiger partial charge in [0.15, 0.2) is 4.90 Å². The summed E-state index contributed by atoms with van der Waals surface area (Å²) in [4.78, 5) is 13.7. The van der Waals surface area contributed by atoms with Gasteiger partial charge in [-0.25, -0.2) is 13.4 Å². The fourth-order valence-corrected chi connectivity index (χ4v) is 3.54. The molecule has 112 valence electrons. The molecule has 0 radical (unpaired) electrons. The van der Waals surface area contributed by atoms with Crippen LogP contribution in [-0.4, -0.2) is 29.7 Å². The van der Waals surface area contributed by atoms with E-state index in [1.807, 2.05) is 0 Å². The number of aryl methyl sites for hydroxylation is 1. The van der Waals surface area contributed by atoms with Crippen molar-refractivity contribution >= 4 is 38.1 Å². The molecule has 2 aromatic rings. The summed E-state index contributed by atoms with van der Waals surface area (Å²) in [5.74, 6) is 0.413. The Kier molecular flexibility index (Phi) is 4.04. The number of benzene rings is 1. The fraction of sp³-hybridized carbons (Fsp3) is 0.200. The molecule has 0 spiro atoms. The Labute approximate surface area is 124 Å². The van der Waals surface area contributed by atoms with E-state index in [4.69, 9.17) is 0 Å². The third-order valence-corrected chi connectivity index (χ3v) is 4.70. The van der Waals surface area contributed by atoms with Gasteiger partial charge in [0.05, 0.1) is 4.92 Å². The number of hydrogen-bond acceptors (Lipinski definition) is 8. The molecule has 0 atom stereocenters. The first-order valence-corrected chi connectivity index (χ1v) is 7.88. The first kappa shape index (κ1) is 15.1. The van der Waals surface area contributed by atoms with Gasteiger partial charge in [-0.3, -0.25) is 14.8 Å². The van der Waals surface area contributed by atoms with Crippen LogP contribution in [-0.2, 0) is 10.0 Å². The minimum Gasteiger partial charge on any atom is -0.388 e. The van der Waals surface area contributed by atoms with Crippen molar-refractivity contribution < 1.29 is 13.3 Å². The van der Waals surface area contributed by atoms with E-state index in [2.05, 4.69) is 19.4 Å². The molecule has 21 heavy (non-hydrogen) atoms. The number of nitro benzene ring substituents is 1. The van der Waals surface area contributed by atoms with Gasteiger partial charge in [-0.1, -0.05) is 0 Å². The zero-order valence-corrected chi connectivity index (χ0v) is 12.7. The lowest BCUT2D eigenvalue weighted by Crippen LogP contribution is -2.15. The first-order chi connectivity index (χ1) is 9.83. The molecule has 9 nitrogen and oxygen atoms in total. The molecule has 0 amide bonds. The van der Waals surface area contributed by atoms with Crippen LogP contribution in [0.4, 0.5) is 16.5 Å². The average molecular weight is 329 g/mol. The molecule has 11 heteroatoms. The van der Waals surface area contributed by atoms with Crippen LogP contribution >= 0.6 is 11.5 Å². The topological polar surface area (TPSA) is 127 Å². The number of anilines is 2. The SMILES string of the molecule is CNc1ccc([N+](=O)[O-])c(S(=O)(=O)Nc2nc(C)ns2)c1. The van der Waals surface area contributed by atoms with Crippen LogP contribution in [0.15, 0.2) is 23.1 Å². The van der Waals surface area contributed by atoms with Crippen LogP contribution in [0.25, 0.3) is 0 Å². The van der Waals surface area contributed by atoms with Gasteiger partial charge in [-0.15, -0.1) is 0 Å². The summed E-state index contributed by atoms with van der Waals surface area (Å²) in [5.41, 5.74) is -0.0721. The number of nitrogens with zero attached hydrogens (tertiary/aromatic N) is 3. The maximum absolute atomic E-state index is 12.3. The quantitative estimate of drug-likeness (QED) is 0.630. The predicted octanol–water partition coefficient (Wildman–Crippen LogP) is 1.60. The second-order valence-corrected chi connectivity index (χ2v) is 6.34. The summed E-state index contributed by atoms with van der Waals surface area (Å²) in [5, 5.41) is 13.8. The van der Waals surface area contributed by atoms with Gasteiger partial charge in [0.2, 0.25) is 5.13 Å². The Balaban J connectivity index is 2.49. The van der Waals surface area contributed by atoms with E-state index in [1.54, 1.807) is 14.0 Å². The molecule has 0 aliphatic heterocycles. The number of hydrogen-bond donors (Lipinski definition) is 2. The number of aromatic nitrogens is 2. The molecule has 0 unspecified atom stereocenters. The Hall–Kier alpha value is -2.27. The highest BCUT2D eigenvalue weighted by Gasteiger charge is 2.27. The van der Waals surface area contributed by atoms with Crippen molar-refractivity contribution in [3.05, 3.63) is 34.1 Å². The van der Waals surface area contributed by atoms with Crippen LogP contribution in [0, 0.1) is 17.0 Å². The van der Waals surface area contributed by atoms with E-state index in [1.165, 1.54) is 12.1 Å². The molecule has 0 aliphatic rings. The highest BCUT2D eigenvalue weighted by atomic mass is 32.2. The van der Waals surface area contributed by atoms with E-state index in [9.17, 15) is 18.5 Å². The standard InChI is InChI=1S/C10H11N5O4S2/c1-6-12-10(20-13-6)14-21(18,19)9-5-7(11-2)3-4-8(9)15(16)17/h3-5,11H,1-2H3,(H,12,13,14). The zero-order chi connectivity index (χ0) is 15.6. The summed E-state index contributed by atoms with van der Waals surface area (Å²) in [6, 6.07) is 3.74. The van der Waals surface area contributed by atoms with Crippen LogP contribution in [0.2, 0.25) is 0 Å². The average Bonchev–Trinajstić information content (AvgIpc) is 2.82. The highest BCUT2D eigenvalue weighted by Crippen LogP contribution is 2.28. The molecule has 2 rings (SSSR count). The maximum Gasteiger partial charge on any atom is 0.290 e. The molecule has 1 heterocycles. The number of nitrogens with one attached hydrogen (secondary N) is 2. The van der Waals surface area contributed by atoms with Gasteiger partial charge in [0, 0.05) is 30.3 Å². The Bertz CT molecular complexity index is 786. The summed E-state index contributed by atoms with van der Waals surface area (Å²) in [7, 11) is -2.55. The van der Waals surface area contributed by atoms with Crippen LogP contribution in [0.3, 0.4) is 0 Å². The number of rotatable bonds is 5. The summed E-state index contributed by atoms with van der Waals surface area (Å²) in [6.45, 7) is 1.61. The van der Waals surface area contributed by atoms with Crippen molar-refractivity contribution in [1.29, 1.82) is 0 Å². The van der Waals surface area contributed by atoms with Crippen molar-refractivity contribution in [1.82, 2.24) is 9.36 Å². The van der Waals surface area contributed by atoms with Gasteiger partial charge in [0.25, 0.3) is 15.7 Å². The minimum absolute atomic E-state index is 0.0525. The Morgan fingerprint density at radius 3 is 2.62 bits per heavy atom. The molecular formula is C10H11N5O4S2. The van der Waals surface area contributed by atoms with Crippen LogP contribution in [0.1, 0.15) is 5.82 Å². The van der Waals surface area contributed by atoms with Crippen LogP contribution in [0.5, 0.6) is 0 Å². The third-order valence-electron chi connectivity index (χ3n) is 2.48. The normalized spacial score (nSPS) is 11.1. The molecule has 2 N–H and O–H groups in total. The fourth-order valence-electron chi connectivity index (χ4n) is 1.54. The molecule has 0 fully saturated rings. The second kappa shape index (κ2) is 5.61. The summed E-state index contributed by atoms with van der Waals surface area (Å²) >= 11 is 0.858. The van der Waals surface area contributed by atoms with E-state index in [-0.39, 0.29) is 5.13 Å². The monoisotopic (exact) mass is 329 g/mol. The molecule has 0 saturated carbocycles. The smallest absolute Gasteiger partial charge is 0.290 e. The van der Waals surface area contributed by atoms with Crippen molar-refractivity contribution in [3.8, 4) is 0 Å². The number of sulfonamides is 1. The van der Waals surface area contributed by atoms with Crippen molar-refractivity contribution in [2.45, 2.75) is 11.8 Å². The molecular weight excluding hydrogens is 318 g/mol. The van der Waals surface area contributed by atoms with Crippen LogP contribution < -0.4 is 10.0 Å². The van der Waals surface area contributed by atoms with Crippen molar-refractivity contribution in [3.63, 3.8) is 0 Å².